The number of benzene rings is 1. The van der Waals surface area contributed by atoms with Crippen LogP contribution in [0.1, 0.15) is 82.6 Å². The predicted molar refractivity (Wildman–Crippen MR) is 133 cm³/mol. The smallest absolute Gasteiger partial charge is 0.231 e. The van der Waals surface area contributed by atoms with Gasteiger partial charge in [0.15, 0.2) is 6.29 Å². The van der Waals surface area contributed by atoms with Crippen LogP contribution in [0.2, 0.25) is 5.02 Å². The van der Waals surface area contributed by atoms with Crippen LogP contribution >= 0.6 is 11.6 Å². The molecule has 0 radical (unpaired) electrons. The number of carbonyl (C=O) groups is 2. The molecule has 2 N–H and O–H groups in total. The monoisotopic (exact) mass is 485 g/mol. The molecule has 34 heavy (non-hydrogen) atoms. The van der Waals surface area contributed by atoms with Gasteiger partial charge in [0.1, 0.15) is 5.84 Å². The van der Waals surface area contributed by atoms with Crippen LogP contribution < -0.4 is 10.7 Å². The Morgan fingerprint density at radius 2 is 1.79 bits per heavy atom. The van der Waals surface area contributed by atoms with Crippen molar-refractivity contribution in [3.63, 3.8) is 0 Å². The van der Waals surface area contributed by atoms with Crippen molar-refractivity contribution in [1.82, 2.24) is 20.5 Å². The van der Waals surface area contributed by atoms with Crippen molar-refractivity contribution in [2.45, 2.75) is 102 Å². The van der Waals surface area contributed by atoms with Crippen molar-refractivity contribution >= 4 is 29.3 Å². The molecule has 2 amide bonds. The van der Waals surface area contributed by atoms with Gasteiger partial charge >= 0.3 is 0 Å². The highest BCUT2D eigenvalue weighted by molar-refractivity contribution is 6.31. The molecular formula is C26H36ClN5O2. The van der Waals surface area contributed by atoms with Gasteiger partial charge in [0.25, 0.3) is 0 Å². The SMILES string of the molecule is O=C(CCC1=NNC2N(Cc3ccccc3Cl)C(=O)C3CCCCC3N12)NC1CCCCCC1. The van der Waals surface area contributed by atoms with E-state index in [0.717, 1.165) is 49.9 Å². The third-order valence-electron chi connectivity index (χ3n) is 7.95. The maximum Gasteiger partial charge on any atom is 0.231 e. The lowest BCUT2D eigenvalue weighted by Crippen LogP contribution is -2.67. The van der Waals surface area contributed by atoms with Crippen molar-refractivity contribution in [3.8, 4) is 0 Å². The Morgan fingerprint density at radius 1 is 1.06 bits per heavy atom. The normalized spacial score (nSPS) is 27.4. The van der Waals surface area contributed by atoms with Crippen molar-refractivity contribution in [1.29, 1.82) is 0 Å². The first-order valence-corrected chi connectivity index (χ1v) is 13.4. The zero-order chi connectivity index (χ0) is 23.5. The lowest BCUT2D eigenvalue weighted by molar-refractivity contribution is -0.156. The number of nitrogens with one attached hydrogen (secondary N) is 2. The fourth-order valence-electron chi connectivity index (χ4n) is 6.16. The second kappa shape index (κ2) is 10.5. The van der Waals surface area contributed by atoms with E-state index in [0.29, 0.717) is 30.5 Å². The third-order valence-corrected chi connectivity index (χ3v) is 8.32. The highest BCUT2D eigenvalue weighted by Crippen LogP contribution is 2.38. The van der Waals surface area contributed by atoms with E-state index in [2.05, 4.69) is 20.7 Å². The second-order valence-corrected chi connectivity index (χ2v) is 10.6. The van der Waals surface area contributed by atoms with Gasteiger partial charge in [-0.1, -0.05) is 68.3 Å². The van der Waals surface area contributed by atoms with Crippen LogP contribution in [-0.2, 0) is 16.1 Å². The van der Waals surface area contributed by atoms with Gasteiger partial charge < -0.3 is 10.2 Å². The van der Waals surface area contributed by atoms with Crippen LogP contribution in [0.15, 0.2) is 29.4 Å². The van der Waals surface area contributed by atoms with Gasteiger partial charge in [0.05, 0.1) is 12.5 Å². The molecule has 5 rings (SSSR count). The zero-order valence-corrected chi connectivity index (χ0v) is 20.6. The maximum absolute atomic E-state index is 13.5. The van der Waals surface area contributed by atoms with Gasteiger partial charge in [-0.25, -0.2) is 0 Å². The van der Waals surface area contributed by atoms with E-state index in [1.165, 1.54) is 25.7 Å². The number of hydrogen-bond donors (Lipinski definition) is 2. The molecule has 2 saturated carbocycles. The Hall–Kier alpha value is -2.28. The molecule has 2 aliphatic carbocycles. The van der Waals surface area contributed by atoms with Gasteiger partial charge in [0.2, 0.25) is 11.8 Å². The van der Waals surface area contributed by atoms with Crippen LogP contribution in [0.5, 0.6) is 0 Å². The molecule has 1 aromatic carbocycles. The molecule has 4 aliphatic rings. The summed E-state index contributed by atoms with van der Waals surface area (Å²) in [6, 6.07) is 8.15. The molecule has 0 bridgehead atoms. The molecule has 1 aromatic rings. The molecule has 2 heterocycles. The highest BCUT2D eigenvalue weighted by atomic mass is 35.5. The number of hydrazone groups is 1. The average molecular weight is 486 g/mol. The summed E-state index contributed by atoms with van der Waals surface area (Å²) in [4.78, 5) is 30.5. The van der Waals surface area contributed by atoms with Gasteiger partial charge in [0, 0.05) is 29.9 Å². The molecule has 184 valence electrons. The largest absolute Gasteiger partial charge is 0.353 e. The first kappa shape index (κ1) is 23.5. The minimum Gasteiger partial charge on any atom is -0.353 e. The van der Waals surface area contributed by atoms with E-state index in [1.807, 2.05) is 29.2 Å². The van der Waals surface area contributed by atoms with Crippen molar-refractivity contribution in [2.75, 3.05) is 0 Å². The second-order valence-electron chi connectivity index (χ2n) is 10.2. The van der Waals surface area contributed by atoms with Crippen molar-refractivity contribution in [3.05, 3.63) is 34.9 Å². The van der Waals surface area contributed by atoms with Gasteiger partial charge in [-0.3, -0.25) is 19.9 Å². The molecule has 3 atom stereocenters. The lowest BCUT2D eigenvalue weighted by atomic mass is 9.80. The third kappa shape index (κ3) is 4.90. The highest BCUT2D eigenvalue weighted by Gasteiger charge is 2.50. The fraction of sp³-hybridized carbons (Fsp3) is 0.654. The van der Waals surface area contributed by atoms with E-state index in [-0.39, 0.29) is 30.1 Å². The summed E-state index contributed by atoms with van der Waals surface area (Å²) >= 11 is 6.43. The summed E-state index contributed by atoms with van der Waals surface area (Å²) in [5.74, 6) is 1.16. The standard InChI is InChI=1S/C26H36ClN5O2/c27-21-13-7-5-9-18(21)17-31-25(34)20-12-6-8-14-22(20)32-23(29-30-26(31)32)15-16-24(33)28-19-10-3-1-2-4-11-19/h5,7,9,13,19-20,22,26,30H,1-4,6,8,10-12,14-17H2,(H,28,33). The predicted octanol–water partition coefficient (Wildman–Crippen LogP) is 4.36. The molecule has 8 heteroatoms. The summed E-state index contributed by atoms with van der Waals surface area (Å²) in [6.45, 7) is 0.445. The Bertz CT molecular complexity index is 930. The number of nitrogens with zero attached hydrogens (tertiary/aromatic N) is 3. The van der Waals surface area contributed by atoms with Crippen molar-refractivity contribution in [2.24, 2.45) is 11.0 Å². The Kier molecular flexibility index (Phi) is 7.28. The first-order valence-electron chi connectivity index (χ1n) is 13.1. The average Bonchev–Trinajstić information content (AvgIpc) is 3.10. The summed E-state index contributed by atoms with van der Waals surface area (Å²) in [5, 5.41) is 8.56. The number of amides is 2. The number of amidine groups is 1. The lowest BCUT2D eigenvalue weighted by Gasteiger charge is -2.50. The van der Waals surface area contributed by atoms with E-state index in [9.17, 15) is 9.59 Å². The molecule has 2 aliphatic heterocycles. The number of carbonyl (C=O) groups excluding carboxylic acids is 2. The molecular weight excluding hydrogens is 450 g/mol. The van der Waals surface area contributed by atoms with E-state index in [4.69, 9.17) is 11.6 Å². The summed E-state index contributed by atoms with van der Waals surface area (Å²) in [7, 11) is 0. The molecule has 0 spiro atoms. The van der Waals surface area contributed by atoms with Gasteiger partial charge in [-0.2, -0.15) is 5.10 Å². The van der Waals surface area contributed by atoms with Crippen LogP contribution in [0.4, 0.5) is 0 Å². The number of halogens is 1. The number of hydrogen-bond acceptors (Lipinski definition) is 5. The van der Waals surface area contributed by atoms with E-state index in [1.54, 1.807) is 0 Å². The molecule has 3 fully saturated rings. The fourth-order valence-corrected chi connectivity index (χ4v) is 6.36. The summed E-state index contributed by atoms with van der Waals surface area (Å²) in [5.41, 5.74) is 4.15. The molecule has 0 aromatic heterocycles. The van der Waals surface area contributed by atoms with E-state index < -0.39 is 0 Å². The van der Waals surface area contributed by atoms with Gasteiger partial charge in [-0.05, 0) is 37.3 Å². The molecule has 1 saturated heterocycles. The minimum absolute atomic E-state index is 0.0302. The minimum atomic E-state index is -0.317. The number of rotatable bonds is 6. The van der Waals surface area contributed by atoms with Crippen LogP contribution in [-0.4, -0.2) is 45.8 Å². The molecule has 3 unspecified atom stereocenters. The topological polar surface area (TPSA) is 77.0 Å². The van der Waals surface area contributed by atoms with Crippen LogP contribution in [0.3, 0.4) is 0 Å². The first-order chi connectivity index (χ1) is 16.6. The summed E-state index contributed by atoms with van der Waals surface area (Å²) < 4.78 is 0. The van der Waals surface area contributed by atoms with Crippen LogP contribution in [0.25, 0.3) is 0 Å². The zero-order valence-electron chi connectivity index (χ0n) is 19.8. The van der Waals surface area contributed by atoms with E-state index >= 15 is 0 Å². The summed E-state index contributed by atoms with van der Waals surface area (Å²) in [6.07, 6.45) is 11.9. The maximum atomic E-state index is 13.5. The van der Waals surface area contributed by atoms with Crippen LogP contribution in [0, 0.1) is 5.92 Å². The quantitative estimate of drug-likeness (QED) is 0.587. The Morgan fingerprint density at radius 3 is 2.59 bits per heavy atom. The number of fused-ring (bicyclic) bond motifs is 3. The molecule has 7 nitrogen and oxygen atoms in total. The Labute approximate surface area is 207 Å². The van der Waals surface area contributed by atoms with Crippen molar-refractivity contribution < 1.29 is 9.59 Å². The Balaban J connectivity index is 1.27. The van der Waals surface area contributed by atoms with Gasteiger partial charge in [-0.15, -0.1) is 0 Å².